The molecule has 0 heterocycles. The second-order valence-electron chi connectivity index (χ2n) is 4.98. The van der Waals surface area contributed by atoms with Gasteiger partial charge in [0.15, 0.2) is 12.6 Å². The molecule has 6 nitrogen and oxygen atoms in total. The number of hydrogen-bond acceptors (Lipinski definition) is 6. The van der Waals surface area contributed by atoms with Crippen LogP contribution in [0.5, 0.6) is 11.5 Å². The molecule has 3 rings (SSSR count). The van der Waals surface area contributed by atoms with Gasteiger partial charge >= 0.3 is 0 Å². The van der Waals surface area contributed by atoms with Crippen LogP contribution in [0.15, 0.2) is 72.8 Å². The fourth-order valence-electron chi connectivity index (χ4n) is 1.69. The van der Waals surface area contributed by atoms with Crippen LogP contribution in [0.25, 0.3) is 0 Å². The van der Waals surface area contributed by atoms with Gasteiger partial charge in [-0.15, -0.1) is 0 Å². The smallest absolute Gasteiger partial charge is 0.153 e. The maximum atomic E-state index is 10.1. The maximum Gasteiger partial charge on any atom is 0.153 e. The van der Waals surface area contributed by atoms with Gasteiger partial charge in [0.2, 0.25) is 0 Å². The Morgan fingerprint density at radius 2 is 0.889 bits per heavy atom. The summed E-state index contributed by atoms with van der Waals surface area (Å²) in [7, 11) is 0. The molecule has 0 bridgehead atoms. The van der Waals surface area contributed by atoms with Crippen LogP contribution < -0.4 is 11.5 Å². The van der Waals surface area contributed by atoms with E-state index in [4.69, 9.17) is 21.7 Å². The van der Waals surface area contributed by atoms with Crippen molar-refractivity contribution in [2.45, 2.75) is 0 Å². The summed E-state index contributed by atoms with van der Waals surface area (Å²) in [6.45, 7) is 0. The van der Waals surface area contributed by atoms with E-state index in [9.17, 15) is 9.59 Å². The van der Waals surface area contributed by atoms with Crippen LogP contribution >= 0.6 is 0 Å². The number of nitrogen functional groups attached to an aromatic ring is 2. The summed E-state index contributed by atoms with van der Waals surface area (Å²) in [5, 5.41) is 17.8. The van der Waals surface area contributed by atoms with Crippen molar-refractivity contribution in [1.82, 2.24) is 0 Å². The molecule has 3 aromatic rings. The van der Waals surface area contributed by atoms with Gasteiger partial charge in [0.05, 0.1) is 22.5 Å². The number of nitrogens with two attached hydrogens (primary N) is 2. The Morgan fingerprint density at radius 3 is 1.11 bits per heavy atom. The molecule has 0 aliphatic rings. The molecule has 0 aliphatic heterocycles. The zero-order chi connectivity index (χ0) is 19.4. The molecule has 6 N–H and O–H groups in total. The average molecular weight is 411 g/mol. The predicted molar refractivity (Wildman–Crippen MR) is 102 cm³/mol. The third-order valence-electron chi connectivity index (χ3n) is 3.12. The molecule has 0 atom stereocenters. The van der Waals surface area contributed by atoms with Gasteiger partial charge in [0, 0.05) is 16.8 Å². The Labute approximate surface area is 167 Å². The number of carbonyl (C=O) groups excluding carboxylic acids is 2. The first-order valence-electron chi connectivity index (χ1n) is 7.56. The van der Waals surface area contributed by atoms with Crippen molar-refractivity contribution in [3.8, 4) is 11.5 Å². The number of benzene rings is 3. The number of aromatic hydroxyl groups is 2. The number of carbonyl (C=O) groups is 2. The standard InChI is InChI=1S/2C7H6O2.C6H8N2.Co/c2*8-5-6-3-1-2-4-7(6)9;7-5-3-1-2-4-6(5)8;/h2*1-5,9H;1-4H,7-8H2;. The van der Waals surface area contributed by atoms with E-state index in [2.05, 4.69) is 0 Å². The normalized spacial score (nSPS) is 8.59. The van der Waals surface area contributed by atoms with Crippen LogP contribution in [0.2, 0.25) is 0 Å². The molecule has 0 fully saturated rings. The van der Waals surface area contributed by atoms with E-state index in [0.717, 1.165) is 0 Å². The molecular weight excluding hydrogens is 391 g/mol. The van der Waals surface area contributed by atoms with E-state index in [1.54, 1.807) is 48.5 Å². The van der Waals surface area contributed by atoms with Crippen molar-refractivity contribution >= 4 is 23.9 Å². The van der Waals surface area contributed by atoms with E-state index >= 15 is 0 Å². The molecule has 7 heteroatoms. The first-order valence-corrected chi connectivity index (χ1v) is 7.56. The summed E-state index contributed by atoms with van der Waals surface area (Å²) >= 11 is 0. The van der Waals surface area contributed by atoms with Crippen LogP contribution in [-0.2, 0) is 16.8 Å². The topological polar surface area (TPSA) is 127 Å². The fraction of sp³-hybridized carbons (Fsp3) is 0. The third kappa shape index (κ3) is 8.57. The van der Waals surface area contributed by atoms with E-state index in [1.807, 2.05) is 12.1 Å². The molecule has 3 aromatic carbocycles. The van der Waals surface area contributed by atoms with Gasteiger partial charge in [-0.05, 0) is 36.4 Å². The second kappa shape index (κ2) is 13.0. The molecule has 143 valence electrons. The van der Waals surface area contributed by atoms with Crippen LogP contribution in [0.1, 0.15) is 20.7 Å². The molecule has 0 aliphatic carbocycles. The zero-order valence-corrected chi connectivity index (χ0v) is 15.3. The zero-order valence-electron chi connectivity index (χ0n) is 14.3. The largest absolute Gasteiger partial charge is 0.507 e. The first-order chi connectivity index (χ1) is 12.5. The number of anilines is 2. The Bertz CT molecular complexity index is 786. The molecule has 1 radical (unpaired) electrons. The van der Waals surface area contributed by atoms with Crippen molar-refractivity contribution < 1.29 is 36.6 Å². The number of para-hydroxylation sites is 4. The Balaban J connectivity index is 0.000000369. The van der Waals surface area contributed by atoms with Gasteiger partial charge in [0.1, 0.15) is 11.5 Å². The van der Waals surface area contributed by atoms with Gasteiger partial charge in [0.25, 0.3) is 0 Å². The molecule has 0 saturated carbocycles. The minimum atomic E-state index is 0. The Morgan fingerprint density at radius 1 is 0.593 bits per heavy atom. The minimum absolute atomic E-state index is 0. The fourth-order valence-corrected chi connectivity index (χ4v) is 1.69. The summed E-state index contributed by atoms with van der Waals surface area (Å²) in [4.78, 5) is 20.1. The quantitative estimate of drug-likeness (QED) is 0.379. The van der Waals surface area contributed by atoms with Gasteiger partial charge in [-0.2, -0.15) is 0 Å². The summed E-state index contributed by atoms with van der Waals surface area (Å²) < 4.78 is 0. The number of phenols is 2. The first kappa shape index (κ1) is 23.7. The van der Waals surface area contributed by atoms with Crippen LogP contribution in [0, 0.1) is 0 Å². The average Bonchev–Trinajstić information content (AvgIpc) is 2.66. The van der Waals surface area contributed by atoms with E-state index in [1.165, 1.54) is 12.1 Å². The minimum Gasteiger partial charge on any atom is -0.507 e. The Kier molecular flexibility index (Phi) is 11.4. The summed E-state index contributed by atoms with van der Waals surface area (Å²) in [6, 6.07) is 20.1. The van der Waals surface area contributed by atoms with Crippen molar-refractivity contribution in [1.29, 1.82) is 0 Å². The van der Waals surface area contributed by atoms with Gasteiger partial charge in [-0.3, -0.25) is 9.59 Å². The van der Waals surface area contributed by atoms with Gasteiger partial charge < -0.3 is 21.7 Å². The summed E-state index contributed by atoms with van der Waals surface area (Å²) in [6.07, 6.45) is 1.24. The van der Waals surface area contributed by atoms with Gasteiger partial charge in [-0.1, -0.05) is 36.4 Å². The maximum absolute atomic E-state index is 10.1. The van der Waals surface area contributed by atoms with Gasteiger partial charge in [-0.25, -0.2) is 0 Å². The third-order valence-corrected chi connectivity index (χ3v) is 3.12. The second-order valence-corrected chi connectivity index (χ2v) is 4.98. The monoisotopic (exact) mass is 411 g/mol. The Hall–Kier alpha value is -3.29. The van der Waals surface area contributed by atoms with Crippen LogP contribution in [-0.4, -0.2) is 22.8 Å². The van der Waals surface area contributed by atoms with E-state index in [-0.39, 0.29) is 28.3 Å². The molecule has 0 saturated heterocycles. The van der Waals surface area contributed by atoms with E-state index in [0.29, 0.717) is 35.1 Å². The number of hydrogen-bond donors (Lipinski definition) is 4. The van der Waals surface area contributed by atoms with Crippen molar-refractivity contribution in [3.63, 3.8) is 0 Å². The molecule has 0 unspecified atom stereocenters. The predicted octanol–water partition coefficient (Wildman–Crippen LogP) is 3.26. The van der Waals surface area contributed by atoms with Crippen LogP contribution in [0.4, 0.5) is 11.4 Å². The molecule has 0 amide bonds. The molecule has 0 spiro atoms. The van der Waals surface area contributed by atoms with Crippen molar-refractivity contribution in [2.75, 3.05) is 11.5 Å². The number of rotatable bonds is 2. The number of aldehydes is 2. The molecule has 0 aromatic heterocycles. The molecule has 27 heavy (non-hydrogen) atoms. The summed E-state index contributed by atoms with van der Waals surface area (Å²) in [5.41, 5.74) is 12.7. The molecular formula is C20H20CoN2O4. The van der Waals surface area contributed by atoms with E-state index < -0.39 is 0 Å². The summed E-state index contributed by atoms with van der Waals surface area (Å²) in [5.74, 6) is 0.0694. The van der Waals surface area contributed by atoms with Crippen molar-refractivity contribution in [3.05, 3.63) is 83.9 Å². The van der Waals surface area contributed by atoms with Crippen molar-refractivity contribution in [2.24, 2.45) is 0 Å². The number of phenolic OH excluding ortho intramolecular Hbond substituents is 2. The van der Waals surface area contributed by atoms with Crippen LogP contribution in [0.3, 0.4) is 0 Å². The SMILES string of the molecule is Nc1ccccc1N.O=Cc1ccccc1O.O=Cc1ccccc1O.[Co].